The molecule has 1 fully saturated rings. The maximum absolute atomic E-state index is 12.6. The fraction of sp³-hybridized carbons (Fsp3) is 0.400. The van der Waals surface area contributed by atoms with Crippen LogP contribution < -0.4 is 10.6 Å². The van der Waals surface area contributed by atoms with Crippen LogP contribution in [0.4, 0.5) is 24.8 Å². The van der Waals surface area contributed by atoms with Gasteiger partial charge in [0.05, 0.1) is 10.6 Å². The smallest absolute Gasteiger partial charge is 0.369 e. The van der Waals surface area contributed by atoms with Crippen LogP contribution in [-0.4, -0.2) is 28.2 Å². The van der Waals surface area contributed by atoms with Crippen LogP contribution in [-0.2, 0) is 11.0 Å². The highest BCUT2D eigenvalue weighted by Gasteiger charge is 2.31. The van der Waals surface area contributed by atoms with E-state index < -0.39 is 11.7 Å². The van der Waals surface area contributed by atoms with E-state index in [9.17, 15) is 22.8 Å². The zero-order valence-corrected chi connectivity index (χ0v) is 16.9. The van der Waals surface area contributed by atoms with Crippen molar-refractivity contribution >= 4 is 34.9 Å². The van der Waals surface area contributed by atoms with Gasteiger partial charge in [-0.25, -0.2) is 9.97 Å². The van der Waals surface area contributed by atoms with Crippen molar-refractivity contribution in [2.24, 2.45) is 5.92 Å². The molecule has 0 unspecified atom stereocenters. The second-order valence-electron chi connectivity index (χ2n) is 7.15. The van der Waals surface area contributed by atoms with Crippen molar-refractivity contribution in [2.75, 3.05) is 17.2 Å². The Morgan fingerprint density at radius 1 is 1.23 bits per heavy atom. The maximum Gasteiger partial charge on any atom is 0.417 e. The number of aromatic nitrogens is 2. The summed E-state index contributed by atoms with van der Waals surface area (Å²) in [6.07, 6.45) is -1.45. The number of carbonyl (C=O) groups is 2. The number of anilines is 2. The van der Waals surface area contributed by atoms with Crippen molar-refractivity contribution in [3.63, 3.8) is 0 Å². The first-order valence-corrected chi connectivity index (χ1v) is 9.80. The van der Waals surface area contributed by atoms with Gasteiger partial charge in [-0.05, 0) is 44.4 Å². The molecule has 0 atom stereocenters. The minimum atomic E-state index is -4.51. The number of amides is 1. The topological polar surface area (TPSA) is 84.0 Å². The van der Waals surface area contributed by atoms with Crippen molar-refractivity contribution < 1.29 is 22.8 Å². The van der Waals surface area contributed by atoms with E-state index in [1.807, 2.05) is 0 Å². The number of halogens is 4. The standard InChI is InChI=1S/C20H20ClF3N4O2/c1-11-7-13(8-17(27-11)28-19(30)12-4-5-12)16(29)3-2-6-25-18-15(21)9-14(10-26-18)20(22,23)24/h7-10,12H,2-6H2,1H3,(H,25,26)(H,27,28,30). The first-order valence-electron chi connectivity index (χ1n) is 9.43. The van der Waals surface area contributed by atoms with Crippen LogP contribution in [0, 0.1) is 12.8 Å². The molecule has 1 aliphatic carbocycles. The lowest BCUT2D eigenvalue weighted by atomic mass is 10.1. The van der Waals surface area contributed by atoms with Gasteiger partial charge in [0.15, 0.2) is 5.78 Å². The first-order chi connectivity index (χ1) is 14.1. The Balaban J connectivity index is 1.52. The van der Waals surface area contributed by atoms with E-state index in [-0.39, 0.29) is 34.9 Å². The van der Waals surface area contributed by atoms with Crippen LogP contribution in [0.5, 0.6) is 0 Å². The van der Waals surface area contributed by atoms with E-state index >= 15 is 0 Å². The Bertz CT molecular complexity index is 962. The van der Waals surface area contributed by atoms with E-state index in [4.69, 9.17) is 11.6 Å². The molecular formula is C20H20ClF3N4O2. The van der Waals surface area contributed by atoms with Crippen molar-refractivity contribution in [1.29, 1.82) is 0 Å². The molecular weight excluding hydrogens is 421 g/mol. The number of pyridine rings is 2. The van der Waals surface area contributed by atoms with E-state index in [0.717, 1.165) is 18.9 Å². The second kappa shape index (κ2) is 8.99. The molecule has 160 valence electrons. The monoisotopic (exact) mass is 440 g/mol. The van der Waals surface area contributed by atoms with Gasteiger partial charge in [-0.1, -0.05) is 11.6 Å². The number of aryl methyl sites for hydroxylation is 1. The quantitative estimate of drug-likeness (QED) is 0.451. The summed E-state index contributed by atoms with van der Waals surface area (Å²) < 4.78 is 37.9. The van der Waals surface area contributed by atoms with Crippen molar-refractivity contribution in [3.8, 4) is 0 Å². The molecule has 2 heterocycles. The predicted octanol–water partition coefficient (Wildman–Crippen LogP) is 4.88. The SMILES string of the molecule is Cc1cc(C(=O)CCCNc2ncc(C(F)(F)F)cc2Cl)cc(NC(=O)C2CC2)n1. The third-order valence-electron chi connectivity index (χ3n) is 4.52. The van der Waals surface area contributed by atoms with Gasteiger partial charge in [0.2, 0.25) is 5.91 Å². The normalized spacial score (nSPS) is 13.8. The Morgan fingerprint density at radius 3 is 2.60 bits per heavy atom. The summed E-state index contributed by atoms with van der Waals surface area (Å²) in [4.78, 5) is 32.3. The number of alkyl halides is 3. The summed E-state index contributed by atoms with van der Waals surface area (Å²) in [5.74, 6) is 0.298. The molecule has 1 amide bonds. The number of nitrogens with zero attached hydrogens (tertiary/aromatic N) is 2. The zero-order valence-electron chi connectivity index (χ0n) is 16.1. The second-order valence-corrected chi connectivity index (χ2v) is 7.56. The number of hydrogen-bond donors (Lipinski definition) is 2. The molecule has 1 saturated carbocycles. The van der Waals surface area contributed by atoms with Crippen LogP contribution in [0.15, 0.2) is 24.4 Å². The fourth-order valence-corrected chi connectivity index (χ4v) is 3.02. The van der Waals surface area contributed by atoms with Gasteiger partial charge in [-0.3, -0.25) is 9.59 Å². The Labute approximate surface area is 176 Å². The fourth-order valence-electron chi connectivity index (χ4n) is 2.79. The number of rotatable bonds is 8. The van der Waals surface area contributed by atoms with Gasteiger partial charge in [-0.15, -0.1) is 0 Å². The maximum atomic E-state index is 12.6. The third kappa shape index (κ3) is 5.91. The highest BCUT2D eigenvalue weighted by atomic mass is 35.5. The van der Waals surface area contributed by atoms with Gasteiger partial charge < -0.3 is 10.6 Å². The highest BCUT2D eigenvalue weighted by Crippen LogP contribution is 2.32. The lowest BCUT2D eigenvalue weighted by Crippen LogP contribution is -2.15. The molecule has 30 heavy (non-hydrogen) atoms. The molecule has 6 nitrogen and oxygen atoms in total. The minimum absolute atomic E-state index is 0.0307. The number of ketones is 1. The lowest BCUT2D eigenvalue weighted by molar-refractivity contribution is -0.137. The van der Waals surface area contributed by atoms with Crippen molar-refractivity contribution in [2.45, 2.75) is 38.8 Å². The van der Waals surface area contributed by atoms with Gasteiger partial charge >= 0.3 is 6.18 Å². The van der Waals surface area contributed by atoms with Gasteiger partial charge in [0, 0.05) is 36.3 Å². The van der Waals surface area contributed by atoms with Crippen LogP contribution in [0.3, 0.4) is 0 Å². The molecule has 0 spiro atoms. The number of Topliss-reactive ketones (excluding diaryl/α,β-unsaturated/α-hetero) is 1. The molecule has 0 aliphatic heterocycles. The minimum Gasteiger partial charge on any atom is -0.369 e. The highest BCUT2D eigenvalue weighted by molar-refractivity contribution is 6.32. The molecule has 2 aromatic heterocycles. The van der Waals surface area contributed by atoms with E-state index in [1.165, 1.54) is 0 Å². The number of carbonyl (C=O) groups excluding carboxylic acids is 2. The predicted molar refractivity (Wildman–Crippen MR) is 107 cm³/mol. The van der Waals surface area contributed by atoms with Crippen LogP contribution in [0.1, 0.15) is 47.3 Å². The molecule has 0 bridgehead atoms. The summed E-state index contributed by atoms with van der Waals surface area (Å²) in [5, 5.41) is 5.43. The molecule has 0 aromatic carbocycles. The average molecular weight is 441 g/mol. The van der Waals surface area contributed by atoms with Crippen molar-refractivity contribution in [3.05, 3.63) is 46.2 Å². The molecule has 10 heteroatoms. The summed E-state index contributed by atoms with van der Waals surface area (Å²) in [7, 11) is 0. The lowest BCUT2D eigenvalue weighted by Gasteiger charge is -2.11. The summed E-state index contributed by atoms with van der Waals surface area (Å²) in [5.41, 5.74) is 0.135. The average Bonchev–Trinajstić information content (AvgIpc) is 3.50. The third-order valence-corrected chi connectivity index (χ3v) is 4.80. The molecule has 2 aromatic rings. The first kappa shape index (κ1) is 22.0. The zero-order chi connectivity index (χ0) is 21.9. The van der Waals surface area contributed by atoms with E-state index in [0.29, 0.717) is 36.2 Å². The molecule has 3 rings (SSSR count). The Hall–Kier alpha value is -2.68. The summed E-state index contributed by atoms with van der Waals surface area (Å²) in [6.45, 7) is 2.04. The molecule has 0 saturated heterocycles. The van der Waals surface area contributed by atoms with E-state index in [1.54, 1.807) is 19.1 Å². The number of nitrogens with one attached hydrogen (secondary N) is 2. The molecule has 2 N–H and O–H groups in total. The van der Waals surface area contributed by atoms with Crippen LogP contribution in [0.25, 0.3) is 0 Å². The molecule has 1 aliphatic rings. The largest absolute Gasteiger partial charge is 0.417 e. The van der Waals surface area contributed by atoms with Crippen molar-refractivity contribution in [1.82, 2.24) is 9.97 Å². The Kier molecular flexibility index (Phi) is 6.60. The summed E-state index contributed by atoms with van der Waals surface area (Å²) in [6, 6.07) is 4.01. The van der Waals surface area contributed by atoms with Crippen LogP contribution in [0.2, 0.25) is 5.02 Å². The summed E-state index contributed by atoms with van der Waals surface area (Å²) >= 11 is 5.84. The van der Waals surface area contributed by atoms with Gasteiger partial charge in [0.25, 0.3) is 0 Å². The van der Waals surface area contributed by atoms with Gasteiger partial charge in [0.1, 0.15) is 11.6 Å². The number of hydrogen-bond acceptors (Lipinski definition) is 5. The van der Waals surface area contributed by atoms with Gasteiger partial charge in [-0.2, -0.15) is 13.2 Å². The van der Waals surface area contributed by atoms with E-state index in [2.05, 4.69) is 20.6 Å². The molecule has 0 radical (unpaired) electrons. The van der Waals surface area contributed by atoms with Crippen LogP contribution >= 0.6 is 11.6 Å². The Morgan fingerprint density at radius 2 is 1.97 bits per heavy atom.